The zero-order chi connectivity index (χ0) is 6.67. The van der Waals surface area contributed by atoms with Gasteiger partial charge in [-0.15, -0.1) is 0 Å². The van der Waals surface area contributed by atoms with Crippen molar-refractivity contribution >= 4 is 0 Å². The highest BCUT2D eigenvalue weighted by molar-refractivity contribution is 5.60. The Morgan fingerprint density at radius 3 is 2.50 bits per heavy atom. The first kappa shape index (κ1) is 4.58. The Kier molecular flexibility index (Phi) is 0.392. The number of fused-ring (bicyclic) bond motifs is 1. The van der Waals surface area contributed by atoms with Gasteiger partial charge in [-0.25, -0.2) is 0 Å². The third-order valence-corrected chi connectivity index (χ3v) is 5.07. The first-order valence-electron chi connectivity index (χ1n) is 4.54. The van der Waals surface area contributed by atoms with Crippen LogP contribution in [0.3, 0.4) is 0 Å². The van der Waals surface area contributed by atoms with Gasteiger partial charge in [0.15, 0.2) is 0 Å². The molecule has 1 spiro atoms. The fourth-order valence-electron chi connectivity index (χ4n) is 4.97. The lowest BCUT2D eigenvalue weighted by molar-refractivity contribution is 0.121. The zero-order valence-electron chi connectivity index (χ0n) is 6.30. The first-order valence-corrected chi connectivity index (χ1v) is 4.54. The normalized spacial score (nSPS) is 78.5. The minimum atomic E-state index is 0.796. The average molecular weight is 132 g/mol. The Morgan fingerprint density at radius 2 is 2.30 bits per heavy atom. The predicted molar refractivity (Wildman–Crippen MR) is 39.3 cm³/mol. The van der Waals surface area contributed by atoms with E-state index in [1.54, 1.807) is 5.57 Å². The van der Waals surface area contributed by atoms with E-state index in [0.29, 0.717) is 0 Å². The Labute approximate surface area is 61.3 Å². The van der Waals surface area contributed by atoms with E-state index in [0.717, 1.165) is 23.2 Å². The van der Waals surface area contributed by atoms with Crippen molar-refractivity contribution in [3.8, 4) is 0 Å². The summed E-state index contributed by atoms with van der Waals surface area (Å²) < 4.78 is 0. The molecule has 0 N–H and O–H groups in total. The maximum absolute atomic E-state index is 4.22. The molecule has 0 aromatic heterocycles. The van der Waals surface area contributed by atoms with Crippen molar-refractivity contribution in [2.75, 3.05) is 0 Å². The number of allylic oxidation sites excluding steroid dienone is 1. The molecule has 6 atom stereocenters. The van der Waals surface area contributed by atoms with Gasteiger partial charge in [-0.05, 0) is 29.6 Å². The van der Waals surface area contributed by atoms with E-state index in [4.69, 9.17) is 0 Å². The lowest BCUT2D eigenvalue weighted by Crippen LogP contribution is -2.31. The van der Waals surface area contributed by atoms with E-state index in [2.05, 4.69) is 13.5 Å². The van der Waals surface area contributed by atoms with Crippen LogP contribution in [0.4, 0.5) is 0 Å². The molecule has 4 aliphatic carbocycles. The molecule has 4 saturated carbocycles. The van der Waals surface area contributed by atoms with Crippen molar-refractivity contribution in [1.82, 2.24) is 0 Å². The van der Waals surface area contributed by atoms with Crippen LogP contribution in [0, 0.1) is 35.0 Å². The Hall–Kier alpha value is -0.260. The SMILES string of the molecule is C=C1C2C3C(CC)C14C2C34. The summed E-state index contributed by atoms with van der Waals surface area (Å²) in [5, 5.41) is 0. The molecule has 4 fully saturated rings. The molecule has 4 aliphatic rings. The molecule has 0 heteroatoms. The lowest BCUT2D eigenvalue weighted by atomic mass is 9.69. The van der Waals surface area contributed by atoms with Gasteiger partial charge in [0.2, 0.25) is 0 Å². The van der Waals surface area contributed by atoms with Gasteiger partial charge in [-0.3, -0.25) is 0 Å². The summed E-state index contributed by atoms with van der Waals surface area (Å²) in [6, 6.07) is 0. The van der Waals surface area contributed by atoms with Crippen molar-refractivity contribution in [2.45, 2.75) is 13.3 Å². The van der Waals surface area contributed by atoms with Gasteiger partial charge in [0, 0.05) is 5.41 Å². The van der Waals surface area contributed by atoms with Crippen molar-refractivity contribution in [3.05, 3.63) is 12.2 Å². The fourth-order valence-corrected chi connectivity index (χ4v) is 4.97. The van der Waals surface area contributed by atoms with E-state index >= 15 is 0 Å². The van der Waals surface area contributed by atoms with Crippen LogP contribution in [-0.4, -0.2) is 0 Å². The smallest absolute Gasteiger partial charge is 0.00148 e. The third kappa shape index (κ3) is 0.154. The van der Waals surface area contributed by atoms with Gasteiger partial charge in [0.25, 0.3) is 0 Å². The molecular weight excluding hydrogens is 120 g/mol. The van der Waals surface area contributed by atoms with Crippen LogP contribution in [0.2, 0.25) is 0 Å². The van der Waals surface area contributed by atoms with Crippen molar-refractivity contribution in [3.63, 3.8) is 0 Å². The van der Waals surface area contributed by atoms with Gasteiger partial charge >= 0.3 is 0 Å². The monoisotopic (exact) mass is 132 g/mol. The van der Waals surface area contributed by atoms with Crippen molar-refractivity contribution in [1.29, 1.82) is 0 Å². The molecule has 0 aliphatic heterocycles. The maximum atomic E-state index is 4.22. The van der Waals surface area contributed by atoms with Gasteiger partial charge in [-0.2, -0.15) is 0 Å². The highest BCUT2D eigenvalue weighted by atomic mass is 15.0. The van der Waals surface area contributed by atoms with Crippen molar-refractivity contribution in [2.24, 2.45) is 35.0 Å². The van der Waals surface area contributed by atoms with Crippen molar-refractivity contribution < 1.29 is 0 Å². The van der Waals surface area contributed by atoms with Crippen LogP contribution in [0.5, 0.6) is 0 Å². The number of rotatable bonds is 1. The van der Waals surface area contributed by atoms with E-state index in [-0.39, 0.29) is 0 Å². The molecule has 0 saturated heterocycles. The summed E-state index contributed by atoms with van der Waals surface area (Å²) >= 11 is 0. The standard InChI is InChI=1S/C10H12/c1-3-5-7-6-4(2)10(5)8(6)9(7)10/h5-9H,2-3H2,1H3. The Morgan fingerprint density at radius 1 is 1.50 bits per heavy atom. The van der Waals surface area contributed by atoms with Gasteiger partial charge in [-0.1, -0.05) is 25.5 Å². The van der Waals surface area contributed by atoms with Crippen LogP contribution in [0.15, 0.2) is 12.2 Å². The summed E-state index contributed by atoms with van der Waals surface area (Å²) in [4.78, 5) is 0. The molecule has 52 valence electrons. The molecule has 6 unspecified atom stereocenters. The van der Waals surface area contributed by atoms with Crippen LogP contribution in [0.25, 0.3) is 0 Å². The van der Waals surface area contributed by atoms with E-state index in [1.165, 1.54) is 18.3 Å². The van der Waals surface area contributed by atoms with E-state index in [1.807, 2.05) is 0 Å². The first-order chi connectivity index (χ1) is 4.85. The Balaban J connectivity index is 1.93. The average Bonchev–Trinajstić information content (AvgIpc) is 2.28. The summed E-state index contributed by atoms with van der Waals surface area (Å²) in [5.41, 5.74) is 2.46. The molecule has 0 radical (unpaired) electrons. The summed E-state index contributed by atoms with van der Waals surface area (Å²) in [6.45, 7) is 6.57. The van der Waals surface area contributed by atoms with E-state index < -0.39 is 0 Å². The quantitative estimate of drug-likeness (QED) is 0.479. The van der Waals surface area contributed by atoms with Gasteiger partial charge in [0.1, 0.15) is 0 Å². The third-order valence-electron chi connectivity index (χ3n) is 5.07. The fraction of sp³-hybridized carbons (Fsp3) is 0.800. The number of hydrogen-bond acceptors (Lipinski definition) is 0. The van der Waals surface area contributed by atoms with Crippen LogP contribution in [-0.2, 0) is 0 Å². The van der Waals surface area contributed by atoms with E-state index in [9.17, 15) is 0 Å². The van der Waals surface area contributed by atoms with Crippen LogP contribution >= 0.6 is 0 Å². The highest BCUT2D eigenvalue weighted by Crippen LogP contribution is 3.03. The van der Waals surface area contributed by atoms with Crippen LogP contribution in [0.1, 0.15) is 13.3 Å². The molecule has 0 bridgehead atoms. The molecular formula is C10H12. The lowest BCUT2D eigenvalue weighted by Gasteiger charge is -2.34. The minimum absolute atomic E-state index is 0.796. The Bertz CT molecular complexity index is 259. The molecule has 0 heterocycles. The summed E-state index contributed by atoms with van der Waals surface area (Å²) in [7, 11) is 0. The second-order valence-electron chi connectivity index (χ2n) is 4.63. The molecule has 0 aromatic carbocycles. The van der Waals surface area contributed by atoms with Gasteiger partial charge in [0.05, 0.1) is 0 Å². The molecule has 4 rings (SSSR count). The maximum Gasteiger partial charge on any atom is 0.00148 e. The summed E-state index contributed by atoms with van der Waals surface area (Å²) in [6.07, 6.45) is 1.42. The minimum Gasteiger partial charge on any atom is -0.0990 e. The second kappa shape index (κ2) is 0.855. The zero-order valence-corrected chi connectivity index (χ0v) is 6.30. The predicted octanol–water partition coefficient (Wildman–Crippen LogP) is 2.07. The number of hydrogen-bond donors (Lipinski definition) is 0. The molecule has 0 aromatic rings. The topological polar surface area (TPSA) is 0 Å². The summed E-state index contributed by atoms with van der Waals surface area (Å²) in [5.74, 6) is 5.63. The molecule has 0 amide bonds. The highest BCUT2D eigenvalue weighted by Gasteiger charge is 3.00. The molecule has 10 heavy (non-hydrogen) atoms. The van der Waals surface area contributed by atoms with Crippen LogP contribution < -0.4 is 0 Å². The largest absolute Gasteiger partial charge is 0.0990 e. The second-order valence-corrected chi connectivity index (χ2v) is 4.63. The van der Waals surface area contributed by atoms with Gasteiger partial charge < -0.3 is 0 Å². The molecule has 0 nitrogen and oxygen atoms in total.